The Morgan fingerprint density at radius 1 is 1.12 bits per heavy atom. The highest BCUT2D eigenvalue weighted by atomic mass is 32.2. The molecule has 0 aliphatic heterocycles. The Bertz CT molecular complexity index is 1450. The molecule has 0 saturated carbocycles. The molecule has 0 amide bonds. The van der Waals surface area contributed by atoms with Gasteiger partial charge in [-0.3, -0.25) is 4.79 Å². The van der Waals surface area contributed by atoms with Crippen LogP contribution in [0.2, 0.25) is 0 Å². The summed E-state index contributed by atoms with van der Waals surface area (Å²) in [5.74, 6) is -1.61. The molecule has 2 aromatic heterocycles. The molecule has 9 heteroatoms. The van der Waals surface area contributed by atoms with E-state index in [0.29, 0.717) is 11.2 Å². The number of rotatable bonds is 6. The van der Waals surface area contributed by atoms with Crippen LogP contribution in [0, 0.1) is 5.92 Å². The molecule has 0 radical (unpaired) electrons. The molecule has 2 heterocycles. The van der Waals surface area contributed by atoms with Crippen LogP contribution in [0.15, 0.2) is 45.7 Å². The van der Waals surface area contributed by atoms with Gasteiger partial charge in [0, 0.05) is 27.3 Å². The third kappa shape index (κ3) is 3.60. The van der Waals surface area contributed by atoms with Crippen molar-refractivity contribution >= 4 is 49.3 Å². The molecular weight excluding hydrogens is 448 g/mol. The highest BCUT2D eigenvalue weighted by Crippen LogP contribution is 2.37. The number of aryl methyl sites for hydroxylation is 2. The van der Waals surface area contributed by atoms with Gasteiger partial charge in [-0.15, -0.1) is 11.3 Å². The molecule has 1 aliphatic rings. The van der Waals surface area contributed by atoms with Gasteiger partial charge >= 0.3 is 5.97 Å². The zero-order chi connectivity index (χ0) is 22.6. The fraction of sp³-hybridized carbons (Fsp3) is 0.304. The van der Waals surface area contributed by atoms with Crippen molar-refractivity contribution in [3.05, 3.63) is 47.0 Å². The molecule has 166 valence electrons. The van der Waals surface area contributed by atoms with Crippen LogP contribution in [0.5, 0.6) is 0 Å². The molecule has 4 aromatic rings. The largest absolute Gasteiger partial charge is 0.480 e. The summed E-state index contributed by atoms with van der Waals surface area (Å²) in [6, 6.07) is 9.28. The van der Waals surface area contributed by atoms with Gasteiger partial charge in [-0.1, -0.05) is 13.8 Å². The normalized spacial score (nSPS) is 15.0. The highest BCUT2D eigenvalue weighted by Gasteiger charge is 2.28. The zero-order valence-corrected chi connectivity index (χ0v) is 19.2. The topological polar surface area (TPSA) is 110 Å². The molecule has 32 heavy (non-hydrogen) atoms. The standard InChI is InChI=1S/C23H22N2O5S2/c1-12(2)21(23(26)27)25-32(28,29)14-7-8-15-16-10-13(6-9-18(16)30-19(15)11-14)22-24-17-4-3-5-20(17)31-22/h6-12,21,25H,3-5H2,1-2H3,(H,26,27)/t21-/m0/s1. The predicted octanol–water partition coefficient (Wildman–Crippen LogP) is 4.59. The second-order valence-corrected chi connectivity index (χ2v) is 11.2. The van der Waals surface area contributed by atoms with Crippen molar-refractivity contribution in [2.75, 3.05) is 0 Å². The van der Waals surface area contributed by atoms with E-state index in [1.807, 2.05) is 18.2 Å². The molecule has 1 aliphatic carbocycles. The average Bonchev–Trinajstić information content (AvgIpc) is 3.43. The van der Waals surface area contributed by atoms with Gasteiger partial charge in [-0.05, 0) is 55.5 Å². The number of thiazole rings is 1. The lowest BCUT2D eigenvalue weighted by atomic mass is 10.1. The first-order valence-electron chi connectivity index (χ1n) is 10.4. The number of sulfonamides is 1. The number of carboxylic acids is 1. The van der Waals surface area contributed by atoms with Gasteiger partial charge in [0.05, 0.1) is 10.6 Å². The first-order valence-corrected chi connectivity index (χ1v) is 12.7. The Morgan fingerprint density at radius 3 is 2.66 bits per heavy atom. The van der Waals surface area contributed by atoms with Crippen molar-refractivity contribution in [2.45, 2.75) is 44.0 Å². The Balaban J connectivity index is 1.53. The summed E-state index contributed by atoms with van der Waals surface area (Å²) in [6.07, 6.45) is 3.30. The molecule has 0 fully saturated rings. The predicted molar refractivity (Wildman–Crippen MR) is 123 cm³/mol. The van der Waals surface area contributed by atoms with E-state index in [1.54, 1.807) is 31.3 Å². The van der Waals surface area contributed by atoms with E-state index in [4.69, 9.17) is 9.40 Å². The van der Waals surface area contributed by atoms with Crippen LogP contribution in [0.3, 0.4) is 0 Å². The molecule has 0 spiro atoms. The Labute approximate surface area is 189 Å². The number of benzene rings is 2. The number of fused-ring (bicyclic) bond motifs is 4. The summed E-state index contributed by atoms with van der Waals surface area (Å²) < 4.78 is 33.8. The molecule has 0 bridgehead atoms. The molecule has 7 nitrogen and oxygen atoms in total. The van der Waals surface area contributed by atoms with Crippen molar-refractivity contribution in [1.29, 1.82) is 0 Å². The minimum atomic E-state index is -4.03. The molecule has 2 aromatic carbocycles. The number of nitrogens with zero attached hydrogens (tertiary/aromatic N) is 1. The monoisotopic (exact) mass is 470 g/mol. The third-order valence-electron chi connectivity index (χ3n) is 5.81. The Morgan fingerprint density at radius 2 is 1.94 bits per heavy atom. The maximum atomic E-state index is 12.8. The molecular formula is C23H22N2O5S2. The van der Waals surface area contributed by atoms with E-state index in [-0.39, 0.29) is 4.90 Å². The summed E-state index contributed by atoms with van der Waals surface area (Å²) in [7, 11) is -4.03. The maximum absolute atomic E-state index is 12.8. The lowest BCUT2D eigenvalue weighted by Gasteiger charge is -2.17. The van der Waals surface area contributed by atoms with Crippen LogP contribution in [-0.4, -0.2) is 30.5 Å². The number of aromatic nitrogens is 1. The lowest BCUT2D eigenvalue weighted by Crippen LogP contribution is -2.44. The number of hydrogen-bond acceptors (Lipinski definition) is 6. The fourth-order valence-electron chi connectivity index (χ4n) is 4.08. The van der Waals surface area contributed by atoms with Crippen LogP contribution in [-0.2, 0) is 27.7 Å². The summed E-state index contributed by atoms with van der Waals surface area (Å²) in [6.45, 7) is 3.30. The van der Waals surface area contributed by atoms with Crippen molar-refractivity contribution in [2.24, 2.45) is 5.92 Å². The van der Waals surface area contributed by atoms with Gasteiger partial charge in [0.25, 0.3) is 0 Å². The highest BCUT2D eigenvalue weighted by molar-refractivity contribution is 7.89. The smallest absolute Gasteiger partial charge is 0.322 e. The minimum absolute atomic E-state index is 0.0347. The first kappa shape index (κ1) is 21.1. The zero-order valence-electron chi connectivity index (χ0n) is 17.6. The second-order valence-electron chi connectivity index (χ2n) is 8.39. The SMILES string of the molecule is CC(C)[C@H](NS(=O)(=O)c1ccc2c(c1)oc1ccc(-c3nc4c(s3)CCC4)cc12)C(=O)O. The van der Waals surface area contributed by atoms with Gasteiger partial charge in [-0.25, -0.2) is 13.4 Å². The van der Waals surface area contributed by atoms with Gasteiger partial charge in [0.1, 0.15) is 22.2 Å². The van der Waals surface area contributed by atoms with E-state index in [1.165, 1.54) is 29.1 Å². The van der Waals surface area contributed by atoms with E-state index < -0.39 is 28.0 Å². The second kappa shape index (κ2) is 7.68. The number of nitrogens with one attached hydrogen (secondary N) is 1. The molecule has 1 atom stereocenters. The van der Waals surface area contributed by atoms with Crippen LogP contribution in [0.4, 0.5) is 0 Å². The average molecular weight is 471 g/mol. The number of hydrogen-bond donors (Lipinski definition) is 2. The van der Waals surface area contributed by atoms with Crippen molar-refractivity contribution in [1.82, 2.24) is 9.71 Å². The third-order valence-corrected chi connectivity index (χ3v) is 8.46. The molecule has 0 unspecified atom stereocenters. The molecule has 5 rings (SSSR count). The van der Waals surface area contributed by atoms with Crippen molar-refractivity contribution < 1.29 is 22.7 Å². The van der Waals surface area contributed by atoms with Gasteiger partial charge in [-0.2, -0.15) is 4.72 Å². The van der Waals surface area contributed by atoms with Gasteiger partial charge in [0.15, 0.2) is 0 Å². The van der Waals surface area contributed by atoms with Crippen LogP contribution in [0.1, 0.15) is 30.8 Å². The number of carbonyl (C=O) groups is 1. The van der Waals surface area contributed by atoms with E-state index in [2.05, 4.69) is 4.72 Å². The summed E-state index contributed by atoms with van der Waals surface area (Å²) in [5.41, 5.74) is 3.30. The van der Waals surface area contributed by atoms with Crippen molar-refractivity contribution in [3.8, 4) is 10.6 Å². The van der Waals surface area contributed by atoms with Crippen LogP contribution in [0.25, 0.3) is 32.5 Å². The maximum Gasteiger partial charge on any atom is 0.322 e. The first-order chi connectivity index (χ1) is 15.2. The summed E-state index contributed by atoms with van der Waals surface area (Å²) >= 11 is 1.73. The summed E-state index contributed by atoms with van der Waals surface area (Å²) in [4.78, 5) is 17.5. The minimum Gasteiger partial charge on any atom is -0.480 e. The molecule has 0 saturated heterocycles. The van der Waals surface area contributed by atoms with Crippen molar-refractivity contribution in [3.63, 3.8) is 0 Å². The Hall–Kier alpha value is -2.75. The lowest BCUT2D eigenvalue weighted by molar-refractivity contribution is -0.140. The van der Waals surface area contributed by atoms with E-state index in [9.17, 15) is 18.3 Å². The fourth-order valence-corrected chi connectivity index (χ4v) is 6.58. The number of furan rings is 1. The van der Waals surface area contributed by atoms with Gasteiger partial charge < -0.3 is 9.52 Å². The van der Waals surface area contributed by atoms with E-state index in [0.717, 1.165) is 34.2 Å². The van der Waals surface area contributed by atoms with E-state index >= 15 is 0 Å². The number of carboxylic acid groups (broad SMARTS) is 1. The summed E-state index contributed by atoms with van der Waals surface area (Å²) in [5, 5.41) is 12.0. The van der Waals surface area contributed by atoms with Crippen LogP contribution < -0.4 is 4.72 Å². The van der Waals surface area contributed by atoms with Gasteiger partial charge in [0.2, 0.25) is 10.0 Å². The molecule has 2 N–H and O–H groups in total. The Kier molecular flexibility index (Phi) is 5.07. The van der Waals surface area contributed by atoms with Crippen LogP contribution >= 0.6 is 11.3 Å². The number of aliphatic carboxylic acids is 1. The quantitative estimate of drug-likeness (QED) is 0.427.